The number of hydrogen-bond acceptors (Lipinski definition) is 0. The van der Waals surface area contributed by atoms with Crippen LogP contribution in [0.5, 0.6) is 0 Å². The Morgan fingerprint density at radius 2 is 1.44 bits per heavy atom. The monoisotopic (exact) mass is 236 g/mol. The molecule has 2 aliphatic heterocycles. The molecule has 0 aromatic rings. The second-order valence-corrected chi connectivity index (χ2v) is 12.8. The fourth-order valence-electron chi connectivity index (χ4n) is 4.85. The Labute approximate surface area is 104 Å². The van der Waals surface area contributed by atoms with Gasteiger partial charge in [0.1, 0.15) is 6.71 Å². The maximum atomic E-state index is 2.60. The number of rotatable bonds is 3. The van der Waals surface area contributed by atoms with Gasteiger partial charge in [-0.25, -0.2) is 0 Å². The summed E-state index contributed by atoms with van der Waals surface area (Å²) in [6.45, 7) is 11.4. The van der Waals surface area contributed by atoms with Gasteiger partial charge in [-0.1, -0.05) is 88.6 Å². The molecule has 0 spiro atoms. The maximum absolute atomic E-state index is 2.60. The Bertz CT molecular complexity index is 211. The van der Waals surface area contributed by atoms with Gasteiger partial charge in [-0.2, -0.15) is 0 Å². The van der Waals surface area contributed by atoms with E-state index in [-0.39, 0.29) is 0 Å². The third-order valence-corrected chi connectivity index (χ3v) is 8.42. The highest BCUT2D eigenvalue weighted by atomic mass is 28.3. The van der Waals surface area contributed by atoms with Crippen LogP contribution >= 0.6 is 0 Å². The lowest BCUT2D eigenvalue weighted by Gasteiger charge is -2.47. The summed E-state index contributed by atoms with van der Waals surface area (Å²) in [5.74, 6) is 2.23. The third kappa shape index (κ3) is 2.42. The zero-order valence-electron chi connectivity index (χ0n) is 11.8. The molecule has 2 fully saturated rings. The Hall–Kier alpha value is 0.282. The van der Waals surface area contributed by atoms with Gasteiger partial charge in [0.2, 0.25) is 0 Å². The summed E-state index contributed by atoms with van der Waals surface area (Å²) in [4.78, 5) is 0. The molecule has 2 bridgehead atoms. The molecule has 2 aliphatic rings. The Morgan fingerprint density at radius 1 is 1.00 bits per heavy atom. The molecule has 0 amide bonds. The fraction of sp³-hybridized carbons (Fsp3) is 1.00. The molecule has 0 saturated carbocycles. The maximum Gasteiger partial charge on any atom is 0.146 e. The van der Waals surface area contributed by atoms with E-state index in [4.69, 9.17) is 0 Å². The van der Waals surface area contributed by atoms with Gasteiger partial charge in [-0.15, -0.1) is 0 Å². The first kappa shape index (κ1) is 12.7. The lowest BCUT2D eigenvalue weighted by atomic mass is 9.25. The molecule has 92 valence electrons. The molecular weight excluding hydrogens is 207 g/mol. The summed E-state index contributed by atoms with van der Waals surface area (Å²) in [7, 11) is -0.940. The van der Waals surface area contributed by atoms with Gasteiger partial charge in [0.15, 0.2) is 0 Å². The van der Waals surface area contributed by atoms with Crippen molar-refractivity contribution < 1.29 is 0 Å². The lowest BCUT2D eigenvalue weighted by Crippen LogP contribution is -2.47. The van der Waals surface area contributed by atoms with E-state index in [0.29, 0.717) is 0 Å². The molecule has 1 unspecified atom stereocenters. The minimum absolute atomic E-state index is 0.940. The summed E-state index contributed by atoms with van der Waals surface area (Å²) >= 11 is 0. The lowest BCUT2D eigenvalue weighted by molar-refractivity contribution is 0.438. The van der Waals surface area contributed by atoms with E-state index in [1.165, 1.54) is 19.3 Å². The van der Waals surface area contributed by atoms with Crippen LogP contribution in [0.3, 0.4) is 0 Å². The smallest absolute Gasteiger partial charge is 0.0698 e. The molecule has 2 saturated heterocycles. The van der Waals surface area contributed by atoms with Gasteiger partial charge in [-0.3, -0.25) is 0 Å². The second-order valence-electron chi connectivity index (χ2n) is 7.34. The normalized spacial score (nSPS) is 32.6. The van der Waals surface area contributed by atoms with E-state index in [9.17, 15) is 0 Å². The average molecular weight is 236 g/mol. The van der Waals surface area contributed by atoms with Crippen molar-refractivity contribution in [1.29, 1.82) is 0 Å². The minimum atomic E-state index is -0.940. The first-order valence-corrected chi connectivity index (χ1v) is 11.1. The Morgan fingerprint density at radius 3 is 1.75 bits per heavy atom. The van der Waals surface area contributed by atoms with Crippen molar-refractivity contribution in [2.24, 2.45) is 0 Å². The van der Waals surface area contributed by atoms with Crippen LogP contribution in [0.15, 0.2) is 0 Å². The summed E-state index contributed by atoms with van der Waals surface area (Å²) in [6.07, 6.45) is 10.8. The van der Waals surface area contributed by atoms with Gasteiger partial charge >= 0.3 is 0 Å². The van der Waals surface area contributed by atoms with Crippen LogP contribution in [-0.2, 0) is 0 Å². The summed E-state index contributed by atoms with van der Waals surface area (Å²) in [6, 6.07) is 0. The van der Waals surface area contributed by atoms with Crippen molar-refractivity contribution in [2.45, 2.75) is 88.6 Å². The van der Waals surface area contributed by atoms with Crippen LogP contribution in [0.1, 0.15) is 51.9 Å². The molecule has 0 aromatic heterocycles. The van der Waals surface area contributed by atoms with Crippen molar-refractivity contribution in [1.82, 2.24) is 0 Å². The van der Waals surface area contributed by atoms with Crippen molar-refractivity contribution in [3.63, 3.8) is 0 Å². The predicted molar refractivity (Wildman–Crippen MR) is 78.3 cm³/mol. The largest absolute Gasteiger partial charge is 0.146 e. The van der Waals surface area contributed by atoms with Crippen LogP contribution in [0.2, 0.25) is 36.7 Å². The molecular formula is C14H29BSi. The Balaban J connectivity index is 2.17. The average Bonchev–Trinajstić information content (AvgIpc) is 2.15. The minimum Gasteiger partial charge on any atom is -0.0698 e. The van der Waals surface area contributed by atoms with Crippen LogP contribution in [0, 0.1) is 0 Å². The number of hydrogen-bond donors (Lipinski definition) is 0. The SMILES string of the molecule is CCC(B1C2CCCC1CCC2)[Si](C)(C)C. The molecule has 1 atom stereocenters. The van der Waals surface area contributed by atoms with Gasteiger partial charge in [0.05, 0.1) is 0 Å². The van der Waals surface area contributed by atoms with E-state index >= 15 is 0 Å². The molecule has 16 heavy (non-hydrogen) atoms. The summed E-state index contributed by atoms with van der Waals surface area (Å²) < 4.78 is 0. The molecule has 0 nitrogen and oxygen atoms in total. The van der Waals surface area contributed by atoms with Crippen molar-refractivity contribution in [2.75, 3.05) is 0 Å². The first-order chi connectivity index (χ1) is 7.54. The van der Waals surface area contributed by atoms with Gasteiger partial charge in [0.25, 0.3) is 0 Å². The molecule has 0 aliphatic carbocycles. The topological polar surface area (TPSA) is 0 Å². The van der Waals surface area contributed by atoms with Crippen molar-refractivity contribution in [3.8, 4) is 0 Å². The molecule has 2 rings (SSSR count). The highest BCUT2D eigenvalue weighted by molar-refractivity contribution is 6.90. The zero-order chi connectivity index (χ0) is 11.8. The van der Waals surface area contributed by atoms with E-state index in [2.05, 4.69) is 26.6 Å². The van der Waals surface area contributed by atoms with Crippen molar-refractivity contribution >= 4 is 14.8 Å². The van der Waals surface area contributed by atoms with Crippen LogP contribution in [0.4, 0.5) is 0 Å². The van der Waals surface area contributed by atoms with Gasteiger partial charge < -0.3 is 0 Å². The van der Waals surface area contributed by atoms with Gasteiger partial charge in [0, 0.05) is 8.07 Å². The summed E-state index contributed by atoms with van der Waals surface area (Å²) in [5.41, 5.74) is 1.10. The van der Waals surface area contributed by atoms with Crippen LogP contribution < -0.4 is 0 Å². The molecule has 2 heteroatoms. The molecule has 0 N–H and O–H groups in total. The third-order valence-electron chi connectivity index (χ3n) is 5.41. The molecule has 2 heterocycles. The van der Waals surface area contributed by atoms with E-state index in [1.807, 2.05) is 0 Å². The summed E-state index contributed by atoms with van der Waals surface area (Å²) in [5, 5.41) is 0. The predicted octanol–water partition coefficient (Wildman–Crippen LogP) is 5.25. The van der Waals surface area contributed by atoms with E-state index < -0.39 is 8.07 Å². The van der Waals surface area contributed by atoms with E-state index in [1.54, 1.807) is 25.7 Å². The second kappa shape index (κ2) is 4.88. The Kier molecular flexibility index (Phi) is 3.88. The quantitative estimate of drug-likeness (QED) is 0.587. The number of fused-ring (bicyclic) bond motifs is 2. The highest BCUT2D eigenvalue weighted by Crippen LogP contribution is 2.52. The van der Waals surface area contributed by atoms with Crippen molar-refractivity contribution in [3.05, 3.63) is 0 Å². The van der Waals surface area contributed by atoms with Crippen LogP contribution in [-0.4, -0.2) is 14.8 Å². The van der Waals surface area contributed by atoms with Crippen LogP contribution in [0.25, 0.3) is 0 Å². The van der Waals surface area contributed by atoms with Gasteiger partial charge in [-0.05, 0) is 0 Å². The standard InChI is InChI=1S/C14H29BSi/c1-5-14(16(2,3)4)15-12-8-6-9-13(15)11-7-10-12/h12-14H,5-11H2,1-4H3. The van der Waals surface area contributed by atoms with E-state index in [0.717, 1.165) is 23.8 Å². The molecule has 0 aromatic carbocycles. The highest BCUT2D eigenvalue weighted by Gasteiger charge is 2.46. The zero-order valence-corrected chi connectivity index (χ0v) is 12.8. The fourth-order valence-corrected chi connectivity index (χ4v) is 7.77. The molecule has 0 radical (unpaired) electrons. The first-order valence-electron chi connectivity index (χ1n) is 7.54.